The van der Waals surface area contributed by atoms with Crippen molar-refractivity contribution in [1.82, 2.24) is 4.57 Å². The molecule has 1 nitrogen and oxygen atoms in total. The monoisotopic (exact) mass is 819 g/mol. The Morgan fingerprint density at radius 2 is 0.968 bits per heavy atom. The van der Waals surface area contributed by atoms with Crippen molar-refractivity contribution in [2.75, 3.05) is 0 Å². The molecule has 1 aromatic heterocycles. The summed E-state index contributed by atoms with van der Waals surface area (Å²) < 4.78 is 2.46. The Balaban J connectivity index is 0.812. The fourth-order valence-electron chi connectivity index (χ4n) is 10.6. The number of fused-ring (bicyclic) bond motifs is 9. The summed E-state index contributed by atoms with van der Waals surface area (Å²) in [5.74, 6) is 0.397. The molecule has 0 bridgehead atoms. The Labute approximate surface area is 372 Å². The van der Waals surface area contributed by atoms with E-state index in [-0.39, 0.29) is 0 Å². The number of para-hydroxylation sites is 1. The molecule has 10 aromatic carbocycles. The van der Waals surface area contributed by atoms with E-state index < -0.39 is 0 Å². The van der Waals surface area contributed by atoms with E-state index in [2.05, 4.69) is 223 Å². The van der Waals surface area contributed by atoms with E-state index in [0.717, 1.165) is 12.8 Å². The molecule has 0 N–H and O–H groups in total. The van der Waals surface area contributed by atoms with Gasteiger partial charge in [0, 0.05) is 37.6 Å². The quantitative estimate of drug-likeness (QED) is 0.155. The maximum absolute atomic E-state index is 2.46. The molecule has 0 radical (unpaired) electrons. The van der Waals surface area contributed by atoms with E-state index in [4.69, 9.17) is 0 Å². The lowest BCUT2D eigenvalue weighted by Crippen LogP contribution is -1.99. The third kappa shape index (κ3) is 5.93. The van der Waals surface area contributed by atoms with Gasteiger partial charge in [-0.2, -0.15) is 0 Å². The molecule has 1 atom stereocenters. The molecule has 1 aliphatic heterocycles. The lowest BCUT2D eigenvalue weighted by atomic mass is 9.89. The Bertz CT molecular complexity index is 3560. The number of nitrogens with zero attached hydrogens (tertiary/aromatic N) is 1. The van der Waals surface area contributed by atoms with E-state index in [0.29, 0.717) is 5.92 Å². The minimum absolute atomic E-state index is 0.397. The van der Waals surface area contributed by atoms with Gasteiger partial charge in [-0.1, -0.05) is 194 Å². The average Bonchev–Trinajstić information content (AvgIpc) is 3.86. The summed E-state index contributed by atoms with van der Waals surface area (Å²) in [7, 11) is 0. The van der Waals surface area contributed by atoms with E-state index in [1.54, 1.807) is 0 Å². The van der Waals surface area contributed by atoms with E-state index >= 15 is 0 Å². The predicted molar refractivity (Wildman–Crippen MR) is 266 cm³/mol. The van der Waals surface area contributed by atoms with Gasteiger partial charge in [-0.15, -0.1) is 0 Å². The van der Waals surface area contributed by atoms with Gasteiger partial charge in [0.2, 0.25) is 0 Å². The first-order valence-corrected chi connectivity index (χ1v) is 22.9. The molecule has 11 aromatic rings. The number of hydrogen-bond acceptors (Lipinski definition) is 1. The van der Waals surface area contributed by atoms with Crippen molar-refractivity contribution in [3.8, 4) is 61.3 Å². The van der Waals surface area contributed by atoms with Crippen molar-refractivity contribution in [3.05, 3.63) is 235 Å². The fraction of sp³-hybridized carbons (Fsp3) is 0.0492. The maximum atomic E-state index is 2.46. The predicted octanol–water partition coefficient (Wildman–Crippen LogP) is 16.8. The summed E-state index contributed by atoms with van der Waals surface area (Å²) >= 11 is 1.91. The normalized spacial score (nSPS) is 13.6. The van der Waals surface area contributed by atoms with E-state index in [1.807, 2.05) is 11.8 Å². The average molecular weight is 820 g/mol. The fourth-order valence-corrected chi connectivity index (χ4v) is 11.9. The van der Waals surface area contributed by atoms with Crippen LogP contribution in [0.15, 0.2) is 228 Å². The first-order valence-electron chi connectivity index (χ1n) is 22.1. The minimum Gasteiger partial charge on any atom is -0.309 e. The zero-order chi connectivity index (χ0) is 41.4. The standard InChI is InChI=1S/C61H41NS/c1-3-12-40(13-4-1)42-27-31-46(32-28-42)62-56-21-10-9-18-53(56)60-54-20-11-19-52-51-35-30-45(37-58(51)63-59(61(52)54)38-57(60)62)43-25-22-39(23-26-43)24-33-49-47-16-7-8-17-48(47)55-36-44(29-34-50(49)55)41-14-5-2-6-15-41/h1-23,25-32,34-38,49H,24,33H2. The van der Waals surface area contributed by atoms with Crippen LogP contribution in [0.3, 0.4) is 0 Å². The topological polar surface area (TPSA) is 4.93 Å². The zero-order valence-electron chi connectivity index (χ0n) is 34.6. The molecule has 0 spiro atoms. The molecule has 1 aliphatic carbocycles. The first kappa shape index (κ1) is 36.3. The largest absolute Gasteiger partial charge is 0.309 e. The minimum atomic E-state index is 0.397. The van der Waals surface area contributed by atoms with E-state index in [1.165, 1.54) is 120 Å². The highest BCUT2D eigenvalue weighted by atomic mass is 32.2. The molecule has 2 aliphatic rings. The molecule has 63 heavy (non-hydrogen) atoms. The first-order chi connectivity index (χ1) is 31.2. The van der Waals surface area contributed by atoms with Crippen molar-refractivity contribution in [2.45, 2.75) is 28.6 Å². The van der Waals surface area contributed by atoms with Gasteiger partial charge in [-0.3, -0.25) is 0 Å². The smallest absolute Gasteiger partial charge is 0.0558 e. The number of aromatic nitrogens is 1. The molecule has 2 heterocycles. The zero-order valence-corrected chi connectivity index (χ0v) is 35.4. The van der Waals surface area contributed by atoms with Crippen molar-refractivity contribution in [2.24, 2.45) is 0 Å². The Morgan fingerprint density at radius 1 is 0.365 bits per heavy atom. The second-order valence-corrected chi connectivity index (χ2v) is 18.2. The Hall–Kier alpha value is -7.39. The summed E-state index contributed by atoms with van der Waals surface area (Å²) in [5, 5.41) is 5.27. The van der Waals surface area contributed by atoms with Crippen molar-refractivity contribution < 1.29 is 0 Å². The van der Waals surface area contributed by atoms with Gasteiger partial charge in [-0.05, 0) is 127 Å². The highest BCUT2D eigenvalue weighted by Crippen LogP contribution is 2.52. The molecule has 0 fully saturated rings. The number of rotatable bonds is 7. The highest BCUT2D eigenvalue weighted by Gasteiger charge is 2.29. The summed E-state index contributed by atoms with van der Waals surface area (Å²) in [5.41, 5.74) is 20.8. The van der Waals surface area contributed by atoms with Crippen LogP contribution in [0.2, 0.25) is 0 Å². The summed E-state index contributed by atoms with van der Waals surface area (Å²) in [6.45, 7) is 0. The van der Waals surface area contributed by atoms with Crippen LogP contribution in [0.5, 0.6) is 0 Å². The molecule has 13 rings (SSSR count). The number of aryl methyl sites for hydroxylation is 1. The van der Waals surface area contributed by atoms with Crippen molar-refractivity contribution in [3.63, 3.8) is 0 Å². The lowest BCUT2D eigenvalue weighted by Gasteiger charge is -2.22. The van der Waals surface area contributed by atoms with Crippen LogP contribution in [-0.2, 0) is 6.42 Å². The molecule has 0 saturated carbocycles. The van der Waals surface area contributed by atoms with Gasteiger partial charge in [0.05, 0.1) is 11.0 Å². The summed E-state index contributed by atoms with van der Waals surface area (Å²) in [6.07, 6.45) is 2.11. The second-order valence-electron chi connectivity index (χ2n) is 17.1. The molecule has 0 amide bonds. The van der Waals surface area contributed by atoms with Gasteiger partial charge < -0.3 is 4.57 Å². The summed E-state index contributed by atoms with van der Waals surface area (Å²) in [6, 6.07) is 81.2. The second kappa shape index (κ2) is 14.6. The summed E-state index contributed by atoms with van der Waals surface area (Å²) in [4.78, 5) is 2.61. The highest BCUT2D eigenvalue weighted by molar-refractivity contribution is 7.99. The van der Waals surface area contributed by atoms with Crippen LogP contribution in [0.4, 0.5) is 0 Å². The lowest BCUT2D eigenvalue weighted by molar-refractivity contribution is 0.729. The molecule has 2 heteroatoms. The third-order valence-corrected chi connectivity index (χ3v) is 14.8. The van der Waals surface area contributed by atoms with E-state index in [9.17, 15) is 0 Å². The van der Waals surface area contributed by atoms with Gasteiger partial charge in [-0.25, -0.2) is 0 Å². The van der Waals surface area contributed by atoms with Crippen molar-refractivity contribution in [1.29, 1.82) is 0 Å². The van der Waals surface area contributed by atoms with Gasteiger partial charge >= 0.3 is 0 Å². The van der Waals surface area contributed by atoms with Gasteiger partial charge in [0.1, 0.15) is 0 Å². The Kier molecular flexibility index (Phi) is 8.42. The van der Waals surface area contributed by atoms with Crippen LogP contribution < -0.4 is 0 Å². The third-order valence-electron chi connectivity index (χ3n) is 13.7. The van der Waals surface area contributed by atoms with Crippen LogP contribution in [-0.4, -0.2) is 4.57 Å². The maximum Gasteiger partial charge on any atom is 0.0558 e. The van der Waals surface area contributed by atoms with Crippen LogP contribution in [0, 0.1) is 0 Å². The van der Waals surface area contributed by atoms with Crippen LogP contribution >= 0.6 is 11.8 Å². The molecular weight excluding hydrogens is 779 g/mol. The van der Waals surface area contributed by atoms with Crippen LogP contribution in [0.25, 0.3) is 93.9 Å². The molecule has 296 valence electrons. The molecule has 0 saturated heterocycles. The SMILES string of the molecule is c1ccc(-c2ccc(-n3c4ccccc4c4c5cccc6c5c(cc43)Sc3cc(-c4ccc(CCC5c7ccccc7-c7cc(-c8ccccc8)ccc75)cc4)ccc3-6)cc2)cc1. The van der Waals surface area contributed by atoms with Crippen LogP contribution in [0.1, 0.15) is 29.0 Å². The van der Waals surface area contributed by atoms with Gasteiger partial charge in [0.25, 0.3) is 0 Å². The number of hydrogen-bond donors (Lipinski definition) is 0. The van der Waals surface area contributed by atoms with Gasteiger partial charge in [0.15, 0.2) is 0 Å². The Morgan fingerprint density at radius 3 is 1.79 bits per heavy atom. The molecule has 1 unspecified atom stereocenters. The number of benzene rings is 10. The molecular formula is C61H41NS. The van der Waals surface area contributed by atoms with Crippen molar-refractivity contribution >= 4 is 44.3 Å².